The summed E-state index contributed by atoms with van der Waals surface area (Å²) in [6.07, 6.45) is 7.26. The highest BCUT2D eigenvalue weighted by molar-refractivity contribution is 5.92. The number of hydrogen-bond acceptors (Lipinski definition) is 3. The Hall–Kier alpha value is -2.30. The van der Waals surface area contributed by atoms with Crippen LogP contribution >= 0.6 is 0 Å². The number of likely N-dealkylation sites (tertiary alicyclic amines) is 1. The van der Waals surface area contributed by atoms with Gasteiger partial charge >= 0.3 is 0 Å². The van der Waals surface area contributed by atoms with Gasteiger partial charge in [-0.25, -0.2) is 0 Å². The molecule has 2 amide bonds. The minimum Gasteiger partial charge on any atom is -0.374 e. The highest BCUT2D eigenvalue weighted by atomic mass is 16.2. The van der Waals surface area contributed by atoms with Gasteiger partial charge in [0.25, 0.3) is 0 Å². The summed E-state index contributed by atoms with van der Waals surface area (Å²) >= 11 is 0. The topological polar surface area (TPSA) is 52.7 Å². The first kappa shape index (κ1) is 17.5. The van der Waals surface area contributed by atoms with Gasteiger partial charge in [0.15, 0.2) is 0 Å². The van der Waals surface area contributed by atoms with E-state index in [2.05, 4.69) is 35.5 Å². The molecule has 5 heteroatoms. The Bertz CT molecular complexity index is 684. The third kappa shape index (κ3) is 4.41. The molecular formula is C20H27N3O2. The maximum Gasteiger partial charge on any atom is 0.244 e. The van der Waals surface area contributed by atoms with Crippen molar-refractivity contribution in [3.05, 3.63) is 35.4 Å². The van der Waals surface area contributed by atoms with E-state index in [1.54, 1.807) is 6.08 Å². The number of aryl methyl sites for hydroxylation is 1. The largest absolute Gasteiger partial charge is 0.374 e. The van der Waals surface area contributed by atoms with Crippen LogP contribution in [0, 0.1) is 0 Å². The van der Waals surface area contributed by atoms with Gasteiger partial charge in [-0.2, -0.15) is 0 Å². The molecule has 1 N–H and O–H groups in total. The number of benzene rings is 1. The van der Waals surface area contributed by atoms with Crippen molar-refractivity contribution >= 4 is 23.6 Å². The van der Waals surface area contributed by atoms with Gasteiger partial charge in [0.05, 0.1) is 0 Å². The summed E-state index contributed by atoms with van der Waals surface area (Å²) in [5.74, 6) is 0.0738. The average Bonchev–Trinajstić information content (AvgIpc) is 2.98. The molecule has 0 unspecified atom stereocenters. The number of amides is 2. The molecule has 2 heterocycles. The fourth-order valence-electron chi connectivity index (χ4n) is 3.65. The van der Waals surface area contributed by atoms with Crippen LogP contribution in [-0.4, -0.2) is 49.4 Å². The van der Waals surface area contributed by atoms with Crippen LogP contribution in [0.25, 0.3) is 6.08 Å². The van der Waals surface area contributed by atoms with Gasteiger partial charge < -0.3 is 15.1 Å². The van der Waals surface area contributed by atoms with Crippen molar-refractivity contribution in [3.63, 3.8) is 0 Å². The number of nitrogens with one attached hydrogen (secondary N) is 1. The van der Waals surface area contributed by atoms with Crippen LogP contribution in [0.4, 0.5) is 5.69 Å². The van der Waals surface area contributed by atoms with Crippen LogP contribution in [0.15, 0.2) is 24.3 Å². The Morgan fingerprint density at radius 3 is 2.84 bits per heavy atom. The third-order valence-electron chi connectivity index (χ3n) is 4.94. The Morgan fingerprint density at radius 1 is 1.28 bits per heavy atom. The normalized spacial score (nSPS) is 18.6. The van der Waals surface area contributed by atoms with Crippen LogP contribution < -0.4 is 10.2 Å². The summed E-state index contributed by atoms with van der Waals surface area (Å²) in [6, 6.07) is 6.31. The number of rotatable bonds is 5. The Labute approximate surface area is 149 Å². The van der Waals surface area contributed by atoms with E-state index < -0.39 is 0 Å². The number of carbonyl (C=O) groups is 2. The Balaban J connectivity index is 1.54. The van der Waals surface area contributed by atoms with Crippen LogP contribution in [0.2, 0.25) is 0 Å². The summed E-state index contributed by atoms with van der Waals surface area (Å²) in [6.45, 7) is 4.43. The molecule has 134 valence electrons. The zero-order chi connectivity index (χ0) is 17.8. The van der Waals surface area contributed by atoms with E-state index in [1.165, 1.54) is 17.7 Å². The van der Waals surface area contributed by atoms with E-state index in [0.29, 0.717) is 13.0 Å². The summed E-state index contributed by atoms with van der Waals surface area (Å²) in [5.41, 5.74) is 3.68. The van der Waals surface area contributed by atoms with Gasteiger partial charge in [-0.1, -0.05) is 6.07 Å². The van der Waals surface area contributed by atoms with E-state index in [0.717, 1.165) is 31.5 Å². The SMILES string of the molecule is C[C@H](CN1CCCC1=O)NC(=O)/C=C\c1ccc2c(c1)CCCN2C. The molecule has 5 nitrogen and oxygen atoms in total. The first-order chi connectivity index (χ1) is 12.0. The van der Waals surface area contributed by atoms with E-state index in [-0.39, 0.29) is 17.9 Å². The lowest BCUT2D eigenvalue weighted by molar-refractivity contribution is -0.128. The molecule has 2 aliphatic heterocycles. The van der Waals surface area contributed by atoms with Crippen LogP contribution in [-0.2, 0) is 16.0 Å². The summed E-state index contributed by atoms with van der Waals surface area (Å²) < 4.78 is 0. The zero-order valence-electron chi connectivity index (χ0n) is 15.1. The van der Waals surface area contributed by atoms with E-state index in [4.69, 9.17) is 0 Å². The van der Waals surface area contributed by atoms with E-state index >= 15 is 0 Å². The molecule has 0 radical (unpaired) electrons. The third-order valence-corrected chi connectivity index (χ3v) is 4.94. The van der Waals surface area contributed by atoms with Gasteiger partial charge in [0.2, 0.25) is 11.8 Å². The number of fused-ring (bicyclic) bond motifs is 1. The molecular weight excluding hydrogens is 314 g/mol. The van der Waals surface area contributed by atoms with Crippen molar-refractivity contribution in [2.75, 3.05) is 31.6 Å². The van der Waals surface area contributed by atoms with Crippen molar-refractivity contribution in [1.82, 2.24) is 10.2 Å². The first-order valence-corrected chi connectivity index (χ1v) is 9.13. The van der Waals surface area contributed by atoms with Crippen LogP contribution in [0.5, 0.6) is 0 Å². The van der Waals surface area contributed by atoms with Crippen LogP contribution in [0.3, 0.4) is 0 Å². The molecule has 0 aromatic heterocycles. The fourth-order valence-corrected chi connectivity index (χ4v) is 3.65. The fraction of sp³-hybridized carbons (Fsp3) is 0.500. The molecule has 2 aliphatic rings. The molecule has 3 rings (SSSR count). The quantitative estimate of drug-likeness (QED) is 0.836. The number of hydrogen-bond donors (Lipinski definition) is 1. The van der Waals surface area contributed by atoms with Gasteiger partial charge in [-0.3, -0.25) is 9.59 Å². The molecule has 25 heavy (non-hydrogen) atoms. The van der Waals surface area contributed by atoms with Crippen molar-refractivity contribution in [2.24, 2.45) is 0 Å². The van der Waals surface area contributed by atoms with Gasteiger partial charge in [0, 0.05) is 50.9 Å². The molecule has 0 aliphatic carbocycles. The monoisotopic (exact) mass is 341 g/mol. The Morgan fingerprint density at radius 2 is 2.08 bits per heavy atom. The highest BCUT2D eigenvalue weighted by Gasteiger charge is 2.22. The van der Waals surface area contributed by atoms with Crippen molar-refractivity contribution in [3.8, 4) is 0 Å². The second kappa shape index (κ2) is 7.72. The lowest BCUT2D eigenvalue weighted by Gasteiger charge is -2.27. The van der Waals surface area contributed by atoms with Crippen molar-refractivity contribution < 1.29 is 9.59 Å². The summed E-state index contributed by atoms with van der Waals surface area (Å²) in [7, 11) is 2.12. The molecule has 1 fully saturated rings. The predicted octanol–water partition coefficient (Wildman–Crippen LogP) is 2.21. The van der Waals surface area contributed by atoms with Crippen molar-refractivity contribution in [1.29, 1.82) is 0 Å². The molecule has 1 aromatic rings. The maximum absolute atomic E-state index is 12.1. The number of nitrogens with zero attached hydrogens (tertiary/aromatic N) is 2. The second-order valence-corrected chi connectivity index (χ2v) is 7.10. The van der Waals surface area contributed by atoms with Gasteiger partial charge in [-0.15, -0.1) is 0 Å². The minimum atomic E-state index is -0.117. The zero-order valence-corrected chi connectivity index (χ0v) is 15.1. The lowest BCUT2D eigenvalue weighted by Crippen LogP contribution is -2.41. The molecule has 0 spiro atoms. The Kier molecular flexibility index (Phi) is 5.41. The van der Waals surface area contributed by atoms with E-state index in [9.17, 15) is 9.59 Å². The first-order valence-electron chi connectivity index (χ1n) is 9.13. The molecule has 1 saturated heterocycles. The smallest absolute Gasteiger partial charge is 0.244 e. The average molecular weight is 341 g/mol. The standard InChI is InChI=1S/C20H27N3O2/c1-15(14-23-12-4-6-20(23)25)21-19(24)10-8-16-7-9-18-17(13-16)5-3-11-22(18)2/h7-10,13,15H,3-6,11-12,14H2,1-2H3,(H,21,24)/b10-8-/t15-/m1/s1. The maximum atomic E-state index is 12.1. The van der Waals surface area contributed by atoms with Gasteiger partial charge in [-0.05, 0) is 55.5 Å². The van der Waals surface area contributed by atoms with Crippen molar-refractivity contribution in [2.45, 2.75) is 38.6 Å². The lowest BCUT2D eigenvalue weighted by atomic mass is 9.99. The molecule has 1 atom stereocenters. The molecule has 1 aromatic carbocycles. The predicted molar refractivity (Wildman–Crippen MR) is 100 cm³/mol. The van der Waals surface area contributed by atoms with Crippen LogP contribution in [0.1, 0.15) is 37.3 Å². The number of carbonyl (C=O) groups excluding carboxylic acids is 2. The minimum absolute atomic E-state index is 0.0450. The van der Waals surface area contributed by atoms with E-state index in [1.807, 2.05) is 17.9 Å². The highest BCUT2D eigenvalue weighted by Crippen LogP contribution is 2.27. The van der Waals surface area contributed by atoms with Gasteiger partial charge in [0.1, 0.15) is 0 Å². The number of anilines is 1. The molecule has 0 saturated carbocycles. The summed E-state index contributed by atoms with van der Waals surface area (Å²) in [4.78, 5) is 27.9. The molecule has 0 bridgehead atoms. The second-order valence-electron chi connectivity index (χ2n) is 7.10. The summed E-state index contributed by atoms with van der Waals surface area (Å²) in [5, 5.41) is 2.94.